The summed E-state index contributed by atoms with van der Waals surface area (Å²) in [6, 6.07) is 9.57. The van der Waals surface area contributed by atoms with Crippen LogP contribution in [0.1, 0.15) is 32.8 Å². The quantitative estimate of drug-likeness (QED) is 0.612. The lowest BCUT2D eigenvalue weighted by Crippen LogP contribution is -2.14. The summed E-state index contributed by atoms with van der Waals surface area (Å²) in [5.41, 5.74) is 1.58. The minimum atomic E-state index is -0.321. The van der Waals surface area contributed by atoms with Crippen LogP contribution in [0.4, 0.5) is 0 Å². The number of hydrogen-bond acceptors (Lipinski definition) is 3. The molecule has 0 bridgehead atoms. The minimum absolute atomic E-state index is 0.218. The zero-order valence-corrected chi connectivity index (χ0v) is 10.9. The molecular weight excluding hydrogens is 226 g/mol. The van der Waals surface area contributed by atoms with E-state index in [1.165, 1.54) is 0 Å². The van der Waals surface area contributed by atoms with E-state index in [4.69, 9.17) is 4.42 Å². The minimum Gasteiger partial charge on any atom is -0.422 e. The Morgan fingerprint density at radius 1 is 1.39 bits per heavy atom. The van der Waals surface area contributed by atoms with Crippen LogP contribution in [0.25, 0.3) is 11.0 Å². The van der Waals surface area contributed by atoms with Crippen molar-refractivity contribution in [1.82, 2.24) is 0 Å². The molecular formula is C15H17NO2. The number of hydrogen-bond donors (Lipinski definition) is 0. The second-order valence-electron chi connectivity index (χ2n) is 4.46. The topological polar surface area (TPSA) is 42.6 Å². The van der Waals surface area contributed by atoms with Gasteiger partial charge in [-0.3, -0.25) is 4.99 Å². The van der Waals surface area contributed by atoms with E-state index in [-0.39, 0.29) is 11.7 Å². The molecule has 1 aromatic carbocycles. The molecule has 0 amide bonds. The van der Waals surface area contributed by atoms with E-state index in [9.17, 15) is 4.79 Å². The van der Waals surface area contributed by atoms with Crippen LogP contribution >= 0.6 is 0 Å². The van der Waals surface area contributed by atoms with Crippen LogP contribution in [0, 0.1) is 0 Å². The number of fused-ring (bicyclic) bond motifs is 1. The van der Waals surface area contributed by atoms with Crippen molar-refractivity contribution < 1.29 is 4.42 Å². The van der Waals surface area contributed by atoms with E-state index in [0.717, 1.165) is 17.5 Å². The van der Waals surface area contributed by atoms with Gasteiger partial charge >= 0.3 is 5.63 Å². The van der Waals surface area contributed by atoms with Gasteiger partial charge in [0.2, 0.25) is 0 Å². The molecule has 0 radical (unpaired) electrons. The summed E-state index contributed by atoms with van der Waals surface area (Å²) in [5.74, 6) is 0. The molecule has 3 heteroatoms. The molecule has 0 aliphatic carbocycles. The van der Waals surface area contributed by atoms with Gasteiger partial charge in [-0.2, -0.15) is 0 Å². The third kappa shape index (κ3) is 2.50. The highest BCUT2D eigenvalue weighted by atomic mass is 16.4. The molecule has 0 fully saturated rings. The molecule has 1 aromatic heterocycles. The lowest BCUT2D eigenvalue weighted by atomic mass is 10.1. The van der Waals surface area contributed by atoms with Crippen LogP contribution < -0.4 is 5.63 Å². The highest BCUT2D eigenvalue weighted by Gasteiger charge is 2.08. The van der Waals surface area contributed by atoms with Crippen molar-refractivity contribution in [3.63, 3.8) is 0 Å². The maximum atomic E-state index is 11.9. The molecule has 0 spiro atoms. The summed E-state index contributed by atoms with van der Waals surface area (Å²) >= 11 is 0. The molecule has 0 saturated heterocycles. The van der Waals surface area contributed by atoms with Crippen LogP contribution in [0.3, 0.4) is 0 Å². The Bertz CT molecular complexity index is 640. The van der Waals surface area contributed by atoms with E-state index in [1.807, 2.05) is 38.1 Å². The number of nitrogens with zero attached hydrogens (tertiary/aromatic N) is 1. The summed E-state index contributed by atoms with van der Waals surface area (Å²) in [6.07, 6.45) is 0.955. The third-order valence-corrected chi connectivity index (χ3v) is 3.04. The smallest absolute Gasteiger partial charge is 0.345 e. The summed E-state index contributed by atoms with van der Waals surface area (Å²) in [4.78, 5) is 16.4. The van der Waals surface area contributed by atoms with Gasteiger partial charge in [0, 0.05) is 17.1 Å². The van der Waals surface area contributed by atoms with Crippen molar-refractivity contribution in [3.8, 4) is 0 Å². The first-order valence-electron chi connectivity index (χ1n) is 6.19. The number of aliphatic imine (C=N–C) groups is 1. The first-order chi connectivity index (χ1) is 8.61. The van der Waals surface area contributed by atoms with Crippen molar-refractivity contribution in [2.75, 3.05) is 0 Å². The largest absolute Gasteiger partial charge is 0.422 e. The third-order valence-electron chi connectivity index (χ3n) is 3.04. The van der Waals surface area contributed by atoms with Gasteiger partial charge in [0.25, 0.3) is 0 Å². The van der Waals surface area contributed by atoms with Gasteiger partial charge in [0.05, 0.1) is 5.56 Å². The molecule has 2 rings (SSSR count). The normalized spacial score (nSPS) is 13.8. The SMILES string of the molecule is CC[C@@H](C)N=C(C)c1cc2ccccc2oc1=O. The summed E-state index contributed by atoms with van der Waals surface area (Å²) < 4.78 is 5.29. The van der Waals surface area contributed by atoms with Crippen molar-refractivity contribution in [1.29, 1.82) is 0 Å². The van der Waals surface area contributed by atoms with Gasteiger partial charge in [-0.05, 0) is 32.4 Å². The molecule has 0 saturated carbocycles. The Morgan fingerprint density at radius 3 is 2.83 bits per heavy atom. The molecule has 0 N–H and O–H groups in total. The summed E-state index contributed by atoms with van der Waals surface area (Å²) in [6.45, 7) is 5.96. The van der Waals surface area contributed by atoms with E-state index in [2.05, 4.69) is 11.9 Å². The van der Waals surface area contributed by atoms with Gasteiger partial charge < -0.3 is 4.42 Å². The Balaban J connectivity index is 2.54. The second-order valence-corrected chi connectivity index (χ2v) is 4.46. The fraction of sp³-hybridized carbons (Fsp3) is 0.333. The lowest BCUT2D eigenvalue weighted by Gasteiger charge is -2.05. The van der Waals surface area contributed by atoms with E-state index in [0.29, 0.717) is 11.1 Å². The van der Waals surface area contributed by atoms with Crippen LogP contribution in [0.15, 0.2) is 44.5 Å². The molecule has 1 atom stereocenters. The number of para-hydroxylation sites is 1. The molecule has 94 valence electrons. The molecule has 3 nitrogen and oxygen atoms in total. The number of rotatable bonds is 3. The van der Waals surface area contributed by atoms with Crippen LogP contribution in [-0.4, -0.2) is 11.8 Å². The van der Waals surface area contributed by atoms with Gasteiger partial charge in [0.1, 0.15) is 5.58 Å². The van der Waals surface area contributed by atoms with Crippen molar-refractivity contribution in [3.05, 3.63) is 46.3 Å². The van der Waals surface area contributed by atoms with Crippen molar-refractivity contribution in [2.24, 2.45) is 4.99 Å². The number of benzene rings is 1. The maximum Gasteiger partial charge on any atom is 0.345 e. The van der Waals surface area contributed by atoms with E-state index >= 15 is 0 Å². The zero-order chi connectivity index (χ0) is 13.1. The van der Waals surface area contributed by atoms with Gasteiger partial charge in [-0.15, -0.1) is 0 Å². The Labute approximate surface area is 106 Å². The van der Waals surface area contributed by atoms with Gasteiger partial charge in [-0.25, -0.2) is 4.79 Å². The van der Waals surface area contributed by atoms with Crippen molar-refractivity contribution >= 4 is 16.7 Å². The monoisotopic (exact) mass is 243 g/mol. The predicted molar refractivity (Wildman–Crippen MR) is 74.4 cm³/mol. The molecule has 2 aromatic rings. The first-order valence-corrected chi connectivity index (χ1v) is 6.19. The van der Waals surface area contributed by atoms with Crippen LogP contribution in [-0.2, 0) is 0 Å². The fourth-order valence-electron chi connectivity index (χ4n) is 1.81. The van der Waals surface area contributed by atoms with Gasteiger partial charge in [0.15, 0.2) is 0 Å². The molecule has 18 heavy (non-hydrogen) atoms. The Hall–Kier alpha value is -1.90. The Morgan fingerprint density at radius 2 is 2.11 bits per heavy atom. The maximum absolute atomic E-state index is 11.9. The molecule has 0 unspecified atom stereocenters. The van der Waals surface area contributed by atoms with E-state index in [1.54, 1.807) is 6.07 Å². The average Bonchev–Trinajstić information content (AvgIpc) is 2.37. The predicted octanol–water partition coefficient (Wildman–Crippen LogP) is 3.40. The molecule has 0 aliphatic rings. The summed E-state index contributed by atoms with van der Waals surface area (Å²) in [5, 5.41) is 0.922. The second kappa shape index (κ2) is 5.17. The van der Waals surface area contributed by atoms with Crippen LogP contribution in [0.2, 0.25) is 0 Å². The first kappa shape index (κ1) is 12.6. The van der Waals surface area contributed by atoms with Gasteiger partial charge in [-0.1, -0.05) is 25.1 Å². The zero-order valence-electron chi connectivity index (χ0n) is 10.9. The van der Waals surface area contributed by atoms with Crippen LogP contribution in [0.5, 0.6) is 0 Å². The van der Waals surface area contributed by atoms with E-state index < -0.39 is 0 Å². The Kier molecular flexibility index (Phi) is 3.60. The molecule has 0 aliphatic heterocycles. The average molecular weight is 243 g/mol. The molecule has 1 heterocycles. The summed E-state index contributed by atoms with van der Waals surface area (Å²) in [7, 11) is 0. The van der Waals surface area contributed by atoms with Crippen molar-refractivity contribution in [2.45, 2.75) is 33.2 Å². The highest BCUT2D eigenvalue weighted by Crippen LogP contribution is 2.13. The highest BCUT2D eigenvalue weighted by molar-refractivity contribution is 6.00. The fourth-order valence-corrected chi connectivity index (χ4v) is 1.81. The standard InChI is InChI=1S/C15H17NO2/c1-4-10(2)16-11(3)13-9-12-7-5-6-8-14(12)18-15(13)17/h5-10H,4H2,1-3H3/t10-/m1/s1. The lowest BCUT2D eigenvalue weighted by molar-refractivity contribution is 0.559.